The summed E-state index contributed by atoms with van der Waals surface area (Å²) in [5.74, 6) is 1.98. The van der Waals surface area contributed by atoms with Crippen molar-refractivity contribution in [3.05, 3.63) is 65.0 Å². The molecule has 1 N–H and O–H groups in total. The van der Waals surface area contributed by atoms with E-state index in [1.807, 2.05) is 48.5 Å². The molecule has 25 heavy (non-hydrogen) atoms. The zero-order valence-electron chi connectivity index (χ0n) is 14.0. The number of anilines is 1. The summed E-state index contributed by atoms with van der Waals surface area (Å²) in [6, 6.07) is 17.3. The molecule has 0 aliphatic carbocycles. The van der Waals surface area contributed by atoms with Gasteiger partial charge in [-0.25, -0.2) is 4.98 Å². The highest BCUT2D eigenvalue weighted by Crippen LogP contribution is 2.22. The van der Waals surface area contributed by atoms with Gasteiger partial charge in [0, 0.05) is 19.0 Å². The molecule has 1 saturated heterocycles. The van der Waals surface area contributed by atoms with Gasteiger partial charge in [-0.1, -0.05) is 30.3 Å². The molecule has 2 heterocycles. The molecular formula is C20H21N3O2. The van der Waals surface area contributed by atoms with Crippen molar-refractivity contribution < 1.29 is 4.74 Å². The number of benzene rings is 2. The fourth-order valence-electron chi connectivity index (χ4n) is 3.35. The molecule has 1 unspecified atom stereocenters. The van der Waals surface area contributed by atoms with Crippen molar-refractivity contribution in [2.75, 3.05) is 24.6 Å². The minimum atomic E-state index is -0.0803. The van der Waals surface area contributed by atoms with Gasteiger partial charge >= 0.3 is 0 Å². The lowest BCUT2D eigenvalue weighted by Crippen LogP contribution is -2.39. The highest BCUT2D eigenvalue weighted by atomic mass is 16.5. The number of nitrogens with one attached hydrogen (secondary N) is 1. The molecule has 5 nitrogen and oxygen atoms in total. The minimum absolute atomic E-state index is 0.0803. The number of nitrogens with zero attached hydrogens (tertiary/aromatic N) is 2. The van der Waals surface area contributed by atoms with E-state index in [9.17, 15) is 4.79 Å². The summed E-state index contributed by atoms with van der Waals surface area (Å²) >= 11 is 0. The molecule has 0 bridgehead atoms. The van der Waals surface area contributed by atoms with Crippen LogP contribution in [0.1, 0.15) is 12.8 Å². The quantitative estimate of drug-likeness (QED) is 0.795. The predicted molar refractivity (Wildman–Crippen MR) is 99.2 cm³/mol. The van der Waals surface area contributed by atoms with Gasteiger partial charge in [-0.2, -0.15) is 0 Å². The zero-order chi connectivity index (χ0) is 17.1. The summed E-state index contributed by atoms with van der Waals surface area (Å²) in [7, 11) is 0. The van der Waals surface area contributed by atoms with Crippen LogP contribution in [0.25, 0.3) is 10.9 Å². The average molecular weight is 335 g/mol. The Bertz CT molecular complexity index is 907. The van der Waals surface area contributed by atoms with E-state index in [1.54, 1.807) is 6.07 Å². The monoisotopic (exact) mass is 335 g/mol. The van der Waals surface area contributed by atoms with Crippen LogP contribution in [0, 0.1) is 5.92 Å². The van der Waals surface area contributed by atoms with Crippen molar-refractivity contribution in [2.24, 2.45) is 5.92 Å². The van der Waals surface area contributed by atoms with E-state index in [4.69, 9.17) is 4.74 Å². The molecule has 1 fully saturated rings. The van der Waals surface area contributed by atoms with Crippen molar-refractivity contribution in [1.29, 1.82) is 0 Å². The molecule has 2 aromatic carbocycles. The molecule has 0 saturated carbocycles. The van der Waals surface area contributed by atoms with Crippen LogP contribution in [0.3, 0.4) is 0 Å². The van der Waals surface area contributed by atoms with E-state index in [2.05, 4.69) is 14.9 Å². The van der Waals surface area contributed by atoms with Gasteiger partial charge in [-0.3, -0.25) is 9.78 Å². The van der Waals surface area contributed by atoms with Gasteiger partial charge in [0.1, 0.15) is 5.75 Å². The lowest BCUT2D eigenvalue weighted by atomic mass is 9.99. The van der Waals surface area contributed by atoms with E-state index in [1.165, 1.54) is 0 Å². The maximum absolute atomic E-state index is 12.3. The predicted octanol–water partition coefficient (Wildman–Crippen LogP) is 3.22. The molecule has 4 rings (SSSR count). The lowest BCUT2D eigenvalue weighted by molar-refractivity contribution is 0.228. The summed E-state index contributed by atoms with van der Waals surface area (Å²) in [5, 5.41) is 0.632. The molecule has 5 heteroatoms. The second-order valence-electron chi connectivity index (χ2n) is 6.49. The van der Waals surface area contributed by atoms with Crippen LogP contribution in [0.2, 0.25) is 0 Å². The van der Waals surface area contributed by atoms with E-state index in [-0.39, 0.29) is 5.56 Å². The Morgan fingerprint density at radius 1 is 1.12 bits per heavy atom. The van der Waals surface area contributed by atoms with Crippen LogP contribution >= 0.6 is 0 Å². The summed E-state index contributed by atoms with van der Waals surface area (Å²) in [6.07, 6.45) is 2.19. The van der Waals surface area contributed by atoms with Gasteiger partial charge in [0.15, 0.2) is 0 Å². The van der Waals surface area contributed by atoms with Crippen LogP contribution < -0.4 is 15.2 Å². The minimum Gasteiger partial charge on any atom is -0.493 e. The van der Waals surface area contributed by atoms with Crippen molar-refractivity contribution >= 4 is 16.9 Å². The lowest BCUT2D eigenvalue weighted by Gasteiger charge is -2.33. The van der Waals surface area contributed by atoms with Crippen LogP contribution in [0.15, 0.2) is 59.4 Å². The molecule has 0 radical (unpaired) electrons. The van der Waals surface area contributed by atoms with Crippen LogP contribution in [0.5, 0.6) is 5.75 Å². The topological polar surface area (TPSA) is 58.2 Å². The Morgan fingerprint density at radius 3 is 2.80 bits per heavy atom. The van der Waals surface area contributed by atoms with E-state index >= 15 is 0 Å². The number of H-pyrrole nitrogens is 1. The van der Waals surface area contributed by atoms with Gasteiger partial charge < -0.3 is 9.64 Å². The first-order valence-electron chi connectivity index (χ1n) is 8.71. The van der Waals surface area contributed by atoms with Gasteiger partial charge in [-0.05, 0) is 37.1 Å². The Labute approximate surface area is 146 Å². The Morgan fingerprint density at radius 2 is 1.92 bits per heavy atom. The Balaban J connectivity index is 1.48. The number of para-hydroxylation sites is 2. The highest BCUT2D eigenvalue weighted by Gasteiger charge is 2.22. The number of piperidine rings is 1. The molecule has 1 aromatic heterocycles. The smallest absolute Gasteiger partial charge is 0.260 e. The second-order valence-corrected chi connectivity index (χ2v) is 6.49. The fraction of sp³-hybridized carbons (Fsp3) is 0.300. The summed E-state index contributed by atoms with van der Waals surface area (Å²) in [4.78, 5) is 22.0. The summed E-state index contributed by atoms with van der Waals surface area (Å²) < 4.78 is 5.90. The number of aromatic amines is 1. The molecule has 0 amide bonds. The van der Waals surface area contributed by atoms with E-state index < -0.39 is 0 Å². The van der Waals surface area contributed by atoms with Gasteiger partial charge in [-0.15, -0.1) is 0 Å². The summed E-state index contributed by atoms with van der Waals surface area (Å²) in [5.41, 5.74) is 0.659. The standard InChI is InChI=1S/C20H21N3O2/c24-19-17-10-4-5-11-18(17)21-20(22-19)23-12-6-7-15(13-23)14-25-16-8-2-1-3-9-16/h1-5,8-11,15H,6-7,12-14H2,(H,21,22,24). The molecule has 1 aliphatic heterocycles. The zero-order valence-corrected chi connectivity index (χ0v) is 14.0. The largest absolute Gasteiger partial charge is 0.493 e. The fourth-order valence-corrected chi connectivity index (χ4v) is 3.35. The van der Waals surface area contributed by atoms with Gasteiger partial charge in [0.25, 0.3) is 5.56 Å². The number of hydrogen-bond donors (Lipinski definition) is 1. The van der Waals surface area contributed by atoms with E-state index in [0.717, 1.165) is 37.2 Å². The third kappa shape index (κ3) is 3.50. The maximum Gasteiger partial charge on any atom is 0.260 e. The maximum atomic E-state index is 12.3. The average Bonchev–Trinajstić information content (AvgIpc) is 2.67. The van der Waals surface area contributed by atoms with Gasteiger partial charge in [0.2, 0.25) is 5.95 Å². The number of rotatable bonds is 4. The number of fused-ring (bicyclic) bond motifs is 1. The van der Waals surface area contributed by atoms with Crippen molar-refractivity contribution in [3.63, 3.8) is 0 Å². The van der Waals surface area contributed by atoms with E-state index in [0.29, 0.717) is 23.9 Å². The van der Waals surface area contributed by atoms with Crippen LogP contribution in [0.4, 0.5) is 5.95 Å². The number of hydrogen-bond acceptors (Lipinski definition) is 4. The molecule has 128 valence electrons. The third-order valence-corrected chi connectivity index (χ3v) is 4.65. The second kappa shape index (κ2) is 6.97. The van der Waals surface area contributed by atoms with Crippen LogP contribution in [-0.2, 0) is 0 Å². The third-order valence-electron chi connectivity index (χ3n) is 4.65. The van der Waals surface area contributed by atoms with Gasteiger partial charge in [0.05, 0.1) is 17.5 Å². The van der Waals surface area contributed by atoms with Crippen molar-refractivity contribution in [1.82, 2.24) is 9.97 Å². The van der Waals surface area contributed by atoms with Crippen molar-refractivity contribution in [3.8, 4) is 5.75 Å². The molecule has 0 spiro atoms. The van der Waals surface area contributed by atoms with Crippen LogP contribution in [-0.4, -0.2) is 29.7 Å². The molecule has 1 atom stereocenters. The Kier molecular flexibility index (Phi) is 4.37. The summed E-state index contributed by atoms with van der Waals surface area (Å²) in [6.45, 7) is 2.43. The molecule has 1 aliphatic rings. The number of aromatic nitrogens is 2. The first-order valence-corrected chi connectivity index (χ1v) is 8.71. The SMILES string of the molecule is O=c1[nH]c(N2CCCC(COc3ccccc3)C2)nc2ccccc12. The first kappa shape index (κ1) is 15.7. The Hall–Kier alpha value is -2.82. The first-order chi connectivity index (χ1) is 12.3. The normalized spacial score (nSPS) is 17.6. The number of ether oxygens (including phenoxy) is 1. The van der Waals surface area contributed by atoms with Crippen molar-refractivity contribution in [2.45, 2.75) is 12.8 Å². The molecular weight excluding hydrogens is 314 g/mol. The highest BCUT2D eigenvalue weighted by molar-refractivity contribution is 5.78. The molecule has 3 aromatic rings.